The Morgan fingerprint density at radius 1 is 0.964 bits per heavy atom. The van der Waals surface area contributed by atoms with Crippen molar-refractivity contribution in [3.05, 3.63) is 76.3 Å². The summed E-state index contributed by atoms with van der Waals surface area (Å²) >= 11 is 12.0. The maximum atomic E-state index is 12.6. The van der Waals surface area contributed by atoms with Gasteiger partial charge in [0.2, 0.25) is 5.91 Å². The lowest BCUT2D eigenvalue weighted by Crippen LogP contribution is -2.37. The van der Waals surface area contributed by atoms with Gasteiger partial charge in [-0.25, -0.2) is 0 Å². The molecule has 1 aliphatic heterocycles. The quantitative estimate of drug-likeness (QED) is 0.569. The third-order valence-electron chi connectivity index (χ3n) is 5.42. The molecule has 0 spiro atoms. The third-order valence-corrected chi connectivity index (χ3v) is 6.16. The van der Waals surface area contributed by atoms with Crippen LogP contribution in [0.4, 0.5) is 5.69 Å². The second kappa shape index (κ2) is 8.52. The number of anilines is 1. The predicted molar refractivity (Wildman–Crippen MR) is 117 cm³/mol. The number of nitrogens with zero attached hydrogens (tertiary/aromatic N) is 1. The molecular weight excluding hydrogens is 391 g/mol. The van der Waals surface area contributed by atoms with Gasteiger partial charge >= 0.3 is 0 Å². The Morgan fingerprint density at radius 2 is 1.71 bits per heavy atom. The van der Waals surface area contributed by atoms with E-state index < -0.39 is 0 Å². The van der Waals surface area contributed by atoms with Crippen molar-refractivity contribution < 1.29 is 4.79 Å². The van der Waals surface area contributed by atoms with Crippen molar-refractivity contribution in [3.8, 4) is 0 Å². The van der Waals surface area contributed by atoms with E-state index in [2.05, 4.69) is 52.7 Å². The summed E-state index contributed by atoms with van der Waals surface area (Å²) in [5.41, 5.74) is 2.04. The molecule has 3 aromatic rings. The van der Waals surface area contributed by atoms with Crippen LogP contribution in [0, 0.1) is 5.92 Å². The van der Waals surface area contributed by atoms with Crippen molar-refractivity contribution in [2.24, 2.45) is 5.92 Å². The van der Waals surface area contributed by atoms with Crippen LogP contribution in [0.5, 0.6) is 0 Å². The maximum absolute atomic E-state index is 12.6. The zero-order valence-corrected chi connectivity index (χ0v) is 17.0. The number of carbonyl (C=O) groups is 1. The molecule has 0 radical (unpaired) electrons. The van der Waals surface area contributed by atoms with Crippen molar-refractivity contribution in [2.75, 3.05) is 18.4 Å². The molecule has 0 unspecified atom stereocenters. The van der Waals surface area contributed by atoms with Gasteiger partial charge in [-0.2, -0.15) is 0 Å². The maximum Gasteiger partial charge on any atom is 0.227 e. The highest BCUT2D eigenvalue weighted by molar-refractivity contribution is 6.42. The van der Waals surface area contributed by atoms with Gasteiger partial charge in [0.25, 0.3) is 0 Å². The summed E-state index contributed by atoms with van der Waals surface area (Å²) in [5.74, 6) is 0.0846. The van der Waals surface area contributed by atoms with Crippen LogP contribution in [0.2, 0.25) is 10.0 Å². The first kappa shape index (κ1) is 19.3. The lowest BCUT2D eigenvalue weighted by atomic mass is 9.95. The molecule has 1 fully saturated rings. The predicted octanol–water partition coefficient (Wildman–Crippen LogP) is 6.00. The number of nitrogens with one attached hydrogen (secondary N) is 1. The summed E-state index contributed by atoms with van der Waals surface area (Å²) in [6.07, 6.45) is 1.72. The fourth-order valence-corrected chi connectivity index (χ4v) is 4.14. The van der Waals surface area contributed by atoms with Gasteiger partial charge in [-0.15, -0.1) is 0 Å². The fraction of sp³-hybridized carbons (Fsp3) is 0.261. The van der Waals surface area contributed by atoms with Crippen LogP contribution < -0.4 is 5.32 Å². The van der Waals surface area contributed by atoms with Gasteiger partial charge in [0.1, 0.15) is 0 Å². The lowest BCUT2D eigenvalue weighted by molar-refractivity contribution is -0.121. The second-order valence-corrected chi connectivity index (χ2v) is 8.12. The molecule has 28 heavy (non-hydrogen) atoms. The van der Waals surface area contributed by atoms with Crippen molar-refractivity contribution in [1.82, 2.24) is 4.90 Å². The summed E-state index contributed by atoms with van der Waals surface area (Å²) < 4.78 is 0. The van der Waals surface area contributed by atoms with Crippen molar-refractivity contribution in [1.29, 1.82) is 0 Å². The number of fused-ring (bicyclic) bond motifs is 1. The first-order chi connectivity index (χ1) is 13.6. The Labute approximate surface area is 175 Å². The molecule has 0 aromatic heterocycles. The Balaban J connectivity index is 1.35. The number of likely N-dealkylation sites (tertiary alicyclic amines) is 1. The molecular formula is C23H22Cl2N2O. The first-order valence-electron chi connectivity index (χ1n) is 9.55. The third kappa shape index (κ3) is 4.33. The van der Waals surface area contributed by atoms with Crippen molar-refractivity contribution in [2.45, 2.75) is 19.4 Å². The van der Waals surface area contributed by atoms with Crippen LogP contribution in [-0.2, 0) is 11.3 Å². The highest BCUT2D eigenvalue weighted by Gasteiger charge is 2.25. The normalized spacial score (nSPS) is 15.6. The van der Waals surface area contributed by atoms with Crippen LogP contribution in [0.15, 0.2) is 60.7 Å². The van der Waals surface area contributed by atoms with Gasteiger partial charge in [-0.05, 0) is 60.5 Å². The van der Waals surface area contributed by atoms with Gasteiger partial charge in [0.05, 0.1) is 10.0 Å². The highest BCUT2D eigenvalue weighted by atomic mass is 35.5. The minimum absolute atomic E-state index is 0.0261. The summed E-state index contributed by atoms with van der Waals surface area (Å²) in [6, 6.07) is 20.1. The van der Waals surface area contributed by atoms with Gasteiger partial charge in [0, 0.05) is 18.2 Å². The van der Waals surface area contributed by atoms with E-state index in [1.165, 1.54) is 16.3 Å². The van der Waals surface area contributed by atoms with Crippen LogP contribution in [0.25, 0.3) is 10.8 Å². The summed E-state index contributed by atoms with van der Waals surface area (Å²) in [4.78, 5) is 15.0. The molecule has 0 saturated carbocycles. The molecule has 1 heterocycles. The fourth-order valence-electron chi connectivity index (χ4n) is 3.84. The molecule has 1 amide bonds. The van der Waals surface area contributed by atoms with Crippen LogP contribution >= 0.6 is 23.2 Å². The van der Waals surface area contributed by atoms with Crippen LogP contribution in [-0.4, -0.2) is 23.9 Å². The van der Waals surface area contributed by atoms with E-state index >= 15 is 0 Å². The van der Waals surface area contributed by atoms with E-state index in [0.717, 1.165) is 32.5 Å². The standard InChI is InChI=1S/C23H22Cl2N2O/c24-21-9-8-19(14-22(21)25)26-23(28)17-10-12-27(13-11-17)15-18-6-3-5-16-4-1-2-7-20(16)18/h1-9,14,17H,10-13,15H2,(H,26,28). The first-order valence-corrected chi connectivity index (χ1v) is 10.3. The second-order valence-electron chi connectivity index (χ2n) is 7.31. The van der Waals surface area contributed by atoms with Crippen LogP contribution in [0.3, 0.4) is 0 Å². The van der Waals surface area contributed by atoms with E-state index in [9.17, 15) is 4.79 Å². The minimum Gasteiger partial charge on any atom is -0.326 e. The van der Waals surface area contributed by atoms with E-state index in [1.54, 1.807) is 18.2 Å². The molecule has 1 aliphatic rings. The molecule has 0 atom stereocenters. The molecule has 3 nitrogen and oxygen atoms in total. The Hall–Kier alpha value is -2.07. The monoisotopic (exact) mass is 412 g/mol. The number of hydrogen-bond acceptors (Lipinski definition) is 2. The van der Waals surface area contributed by atoms with Crippen molar-refractivity contribution >= 4 is 45.6 Å². The SMILES string of the molecule is O=C(Nc1ccc(Cl)c(Cl)c1)C1CCN(Cc2cccc3ccccc23)CC1. The van der Waals surface area contributed by atoms with E-state index in [4.69, 9.17) is 23.2 Å². The van der Waals surface area contributed by atoms with E-state index in [-0.39, 0.29) is 11.8 Å². The molecule has 4 rings (SSSR count). The number of halogens is 2. The number of benzene rings is 3. The summed E-state index contributed by atoms with van der Waals surface area (Å²) in [7, 11) is 0. The van der Waals surface area contributed by atoms with E-state index in [0.29, 0.717) is 15.7 Å². The number of rotatable bonds is 4. The Morgan fingerprint density at radius 3 is 2.50 bits per heavy atom. The summed E-state index contributed by atoms with van der Waals surface area (Å²) in [6.45, 7) is 2.76. The smallest absolute Gasteiger partial charge is 0.227 e. The number of carbonyl (C=O) groups excluding carboxylic acids is 1. The zero-order valence-electron chi connectivity index (χ0n) is 15.5. The molecule has 1 saturated heterocycles. The molecule has 3 aromatic carbocycles. The largest absolute Gasteiger partial charge is 0.326 e. The zero-order chi connectivity index (χ0) is 19.5. The topological polar surface area (TPSA) is 32.3 Å². The van der Waals surface area contributed by atoms with Gasteiger partial charge in [0.15, 0.2) is 0 Å². The van der Waals surface area contributed by atoms with Crippen LogP contribution in [0.1, 0.15) is 18.4 Å². The Bertz CT molecular complexity index is 992. The summed E-state index contributed by atoms with van der Waals surface area (Å²) in [5, 5.41) is 6.49. The molecule has 5 heteroatoms. The molecule has 1 N–H and O–H groups in total. The van der Waals surface area contributed by atoms with Crippen molar-refractivity contribution in [3.63, 3.8) is 0 Å². The van der Waals surface area contributed by atoms with Gasteiger partial charge in [-0.1, -0.05) is 65.7 Å². The van der Waals surface area contributed by atoms with Gasteiger partial charge in [-0.3, -0.25) is 9.69 Å². The number of piperidine rings is 1. The average molecular weight is 413 g/mol. The minimum atomic E-state index is 0.0261. The van der Waals surface area contributed by atoms with E-state index in [1.807, 2.05) is 0 Å². The highest BCUT2D eigenvalue weighted by Crippen LogP contribution is 2.27. The number of amides is 1. The molecule has 144 valence electrons. The molecule has 0 aliphatic carbocycles. The van der Waals surface area contributed by atoms with Gasteiger partial charge < -0.3 is 5.32 Å². The lowest BCUT2D eigenvalue weighted by Gasteiger charge is -2.31. The Kier molecular flexibility index (Phi) is 5.86. The number of hydrogen-bond donors (Lipinski definition) is 1. The molecule has 0 bridgehead atoms. The average Bonchev–Trinajstić information content (AvgIpc) is 2.71.